The first kappa shape index (κ1) is 15.0. The average Bonchev–Trinajstić information content (AvgIpc) is 2.58. The molecular formula is C18H16FN3O. The SMILES string of the molecule is CCOc1ccc(Nc2ccc(-c3ccccc3F)nn2)cc1. The zero-order chi connectivity index (χ0) is 16.1. The van der Waals surface area contributed by atoms with Gasteiger partial charge in [0, 0.05) is 11.3 Å². The van der Waals surface area contributed by atoms with Crippen molar-refractivity contribution >= 4 is 11.5 Å². The fourth-order valence-electron chi connectivity index (χ4n) is 2.16. The summed E-state index contributed by atoms with van der Waals surface area (Å²) in [5.41, 5.74) is 1.81. The summed E-state index contributed by atoms with van der Waals surface area (Å²) >= 11 is 0. The Morgan fingerprint density at radius 3 is 2.39 bits per heavy atom. The van der Waals surface area contributed by atoms with E-state index in [1.807, 2.05) is 31.2 Å². The number of nitrogens with one attached hydrogen (secondary N) is 1. The molecule has 3 aromatic rings. The standard InChI is InChI=1S/C18H16FN3O/c1-2-23-14-9-7-13(8-10-14)20-18-12-11-17(21-22-18)15-5-3-4-6-16(15)19/h3-12H,2H2,1H3,(H,20,22). The van der Waals surface area contributed by atoms with Gasteiger partial charge in [0.2, 0.25) is 0 Å². The van der Waals surface area contributed by atoms with Gasteiger partial charge in [-0.3, -0.25) is 0 Å². The molecule has 0 bridgehead atoms. The number of hydrogen-bond acceptors (Lipinski definition) is 4. The second-order valence-corrected chi connectivity index (χ2v) is 4.87. The minimum Gasteiger partial charge on any atom is -0.494 e. The highest BCUT2D eigenvalue weighted by Crippen LogP contribution is 2.22. The fraction of sp³-hybridized carbons (Fsp3) is 0.111. The first-order chi connectivity index (χ1) is 11.3. The van der Waals surface area contributed by atoms with Crippen LogP contribution in [0.25, 0.3) is 11.3 Å². The molecule has 1 aromatic heterocycles. The van der Waals surface area contributed by atoms with E-state index in [9.17, 15) is 4.39 Å². The van der Waals surface area contributed by atoms with E-state index in [0.717, 1.165) is 11.4 Å². The van der Waals surface area contributed by atoms with Crippen molar-refractivity contribution in [3.63, 3.8) is 0 Å². The lowest BCUT2D eigenvalue weighted by atomic mass is 10.1. The van der Waals surface area contributed by atoms with Crippen molar-refractivity contribution in [1.82, 2.24) is 10.2 Å². The molecule has 116 valence electrons. The highest BCUT2D eigenvalue weighted by molar-refractivity contribution is 5.62. The van der Waals surface area contributed by atoms with Crippen LogP contribution in [-0.2, 0) is 0 Å². The van der Waals surface area contributed by atoms with E-state index in [0.29, 0.717) is 23.7 Å². The summed E-state index contributed by atoms with van der Waals surface area (Å²) in [5, 5.41) is 11.3. The molecule has 3 rings (SSSR count). The second kappa shape index (κ2) is 6.87. The van der Waals surface area contributed by atoms with Crippen LogP contribution in [0, 0.1) is 5.82 Å². The Morgan fingerprint density at radius 2 is 1.74 bits per heavy atom. The van der Waals surface area contributed by atoms with Gasteiger partial charge < -0.3 is 10.1 Å². The molecule has 2 aromatic carbocycles. The van der Waals surface area contributed by atoms with Gasteiger partial charge in [0.15, 0.2) is 5.82 Å². The third-order valence-electron chi connectivity index (χ3n) is 3.25. The topological polar surface area (TPSA) is 47.0 Å². The normalized spacial score (nSPS) is 10.3. The van der Waals surface area contributed by atoms with Gasteiger partial charge in [-0.2, -0.15) is 0 Å². The Morgan fingerprint density at radius 1 is 0.957 bits per heavy atom. The van der Waals surface area contributed by atoms with E-state index < -0.39 is 0 Å². The van der Waals surface area contributed by atoms with E-state index >= 15 is 0 Å². The number of halogens is 1. The summed E-state index contributed by atoms with van der Waals surface area (Å²) in [5.74, 6) is 1.10. The number of hydrogen-bond donors (Lipinski definition) is 1. The third-order valence-corrected chi connectivity index (χ3v) is 3.25. The van der Waals surface area contributed by atoms with E-state index in [1.165, 1.54) is 6.07 Å². The molecule has 1 N–H and O–H groups in total. The van der Waals surface area contributed by atoms with Crippen molar-refractivity contribution in [3.8, 4) is 17.0 Å². The van der Waals surface area contributed by atoms with Gasteiger partial charge in [-0.15, -0.1) is 10.2 Å². The maximum absolute atomic E-state index is 13.7. The van der Waals surface area contributed by atoms with Crippen molar-refractivity contribution in [2.45, 2.75) is 6.92 Å². The number of anilines is 2. The molecule has 23 heavy (non-hydrogen) atoms. The number of benzene rings is 2. The van der Waals surface area contributed by atoms with E-state index in [2.05, 4.69) is 15.5 Å². The number of rotatable bonds is 5. The van der Waals surface area contributed by atoms with Gasteiger partial charge in [-0.1, -0.05) is 12.1 Å². The van der Waals surface area contributed by atoms with Crippen LogP contribution in [0.5, 0.6) is 5.75 Å². The molecule has 0 spiro atoms. The molecule has 0 saturated heterocycles. The smallest absolute Gasteiger partial charge is 0.153 e. The molecule has 0 radical (unpaired) electrons. The summed E-state index contributed by atoms with van der Waals surface area (Å²) in [7, 11) is 0. The second-order valence-electron chi connectivity index (χ2n) is 4.87. The van der Waals surface area contributed by atoms with Crippen molar-refractivity contribution < 1.29 is 9.13 Å². The van der Waals surface area contributed by atoms with Gasteiger partial charge in [-0.25, -0.2) is 4.39 Å². The van der Waals surface area contributed by atoms with Crippen LogP contribution >= 0.6 is 0 Å². The van der Waals surface area contributed by atoms with Crippen molar-refractivity contribution in [1.29, 1.82) is 0 Å². The Balaban J connectivity index is 1.74. The summed E-state index contributed by atoms with van der Waals surface area (Å²) in [4.78, 5) is 0. The molecule has 1 heterocycles. The van der Waals surface area contributed by atoms with Crippen LogP contribution in [-0.4, -0.2) is 16.8 Å². The highest BCUT2D eigenvalue weighted by Gasteiger charge is 2.06. The molecular weight excluding hydrogens is 293 g/mol. The first-order valence-electron chi connectivity index (χ1n) is 7.35. The van der Waals surface area contributed by atoms with Crippen LogP contribution in [0.3, 0.4) is 0 Å². The fourth-order valence-corrected chi connectivity index (χ4v) is 2.16. The van der Waals surface area contributed by atoms with Crippen LogP contribution in [0.4, 0.5) is 15.9 Å². The van der Waals surface area contributed by atoms with Crippen molar-refractivity contribution in [2.24, 2.45) is 0 Å². The predicted octanol–water partition coefficient (Wildman–Crippen LogP) is 4.43. The van der Waals surface area contributed by atoms with Gasteiger partial charge in [0.05, 0.1) is 12.3 Å². The largest absolute Gasteiger partial charge is 0.494 e. The average molecular weight is 309 g/mol. The maximum atomic E-state index is 13.7. The lowest BCUT2D eigenvalue weighted by molar-refractivity contribution is 0.340. The number of ether oxygens (including phenoxy) is 1. The first-order valence-corrected chi connectivity index (χ1v) is 7.35. The van der Waals surface area contributed by atoms with Gasteiger partial charge in [0.25, 0.3) is 0 Å². The zero-order valence-electron chi connectivity index (χ0n) is 12.7. The Hall–Kier alpha value is -2.95. The van der Waals surface area contributed by atoms with E-state index in [1.54, 1.807) is 30.3 Å². The van der Waals surface area contributed by atoms with Crippen LogP contribution in [0.1, 0.15) is 6.92 Å². The highest BCUT2D eigenvalue weighted by atomic mass is 19.1. The van der Waals surface area contributed by atoms with Gasteiger partial charge in [0.1, 0.15) is 11.6 Å². The summed E-state index contributed by atoms with van der Waals surface area (Å²) in [6.07, 6.45) is 0. The Labute approximate surface area is 134 Å². The Kier molecular flexibility index (Phi) is 4.47. The monoisotopic (exact) mass is 309 g/mol. The molecule has 0 fully saturated rings. The molecule has 0 aliphatic carbocycles. The minimum atomic E-state index is -0.311. The van der Waals surface area contributed by atoms with E-state index in [4.69, 9.17) is 4.74 Å². The van der Waals surface area contributed by atoms with Crippen molar-refractivity contribution in [3.05, 3.63) is 66.5 Å². The summed E-state index contributed by atoms with van der Waals surface area (Å²) in [6, 6.07) is 17.6. The summed E-state index contributed by atoms with van der Waals surface area (Å²) < 4.78 is 19.1. The number of aromatic nitrogens is 2. The molecule has 0 amide bonds. The van der Waals surface area contributed by atoms with Gasteiger partial charge >= 0.3 is 0 Å². The molecule has 0 aliphatic rings. The predicted molar refractivity (Wildman–Crippen MR) is 88.3 cm³/mol. The van der Waals surface area contributed by atoms with Crippen LogP contribution in [0.2, 0.25) is 0 Å². The Bertz CT molecular complexity index is 773. The van der Waals surface area contributed by atoms with Crippen molar-refractivity contribution in [2.75, 3.05) is 11.9 Å². The number of nitrogens with zero attached hydrogens (tertiary/aromatic N) is 2. The van der Waals surface area contributed by atoms with Gasteiger partial charge in [-0.05, 0) is 55.5 Å². The lowest BCUT2D eigenvalue weighted by Crippen LogP contribution is -1.97. The molecule has 0 unspecified atom stereocenters. The zero-order valence-corrected chi connectivity index (χ0v) is 12.7. The molecule has 0 atom stereocenters. The maximum Gasteiger partial charge on any atom is 0.153 e. The van der Waals surface area contributed by atoms with Crippen LogP contribution in [0.15, 0.2) is 60.7 Å². The summed E-state index contributed by atoms with van der Waals surface area (Å²) in [6.45, 7) is 2.58. The van der Waals surface area contributed by atoms with E-state index in [-0.39, 0.29) is 5.82 Å². The lowest BCUT2D eigenvalue weighted by Gasteiger charge is -2.07. The quantitative estimate of drug-likeness (QED) is 0.757. The molecule has 5 heteroatoms. The third kappa shape index (κ3) is 3.63. The molecule has 0 saturated carbocycles. The minimum absolute atomic E-state index is 0.311. The molecule has 0 aliphatic heterocycles. The molecule has 4 nitrogen and oxygen atoms in total. The van der Waals surface area contributed by atoms with Crippen LogP contribution < -0.4 is 10.1 Å².